The van der Waals surface area contributed by atoms with Crippen molar-refractivity contribution in [2.75, 3.05) is 19.6 Å². The highest BCUT2D eigenvalue weighted by Crippen LogP contribution is 2.45. The van der Waals surface area contributed by atoms with E-state index in [1.165, 1.54) is 24.9 Å². The van der Waals surface area contributed by atoms with E-state index in [1.54, 1.807) is 0 Å². The number of benzene rings is 1. The molecule has 36 heavy (non-hydrogen) atoms. The van der Waals surface area contributed by atoms with Crippen molar-refractivity contribution in [2.45, 2.75) is 119 Å². The van der Waals surface area contributed by atoms with Crippen molar-refractivity contribution in [1.29, 1.82) is 0 Å². The molecule has 1 fully saturated rings. The molecule has 0 aromatic heterocycles. The number of carbonyl (C=O) groups is 1. The third kappa shape index (κ3) is 5.77. The minimum atomic E-state index is -0.0606. The molecule has 0 radical (unpaired) electrons. The number of ketones is 1. The molecule has 0 bridgehead atoms. The van der Waals surface area contributed by atoms with Crippen LogP contribution in [0.2, 0.25) is 0 Å². The predicted molar refractivity (Wildman–Crippen MR) is 155 cm³/mol. The molecule has 4 unspecified atom stereocenters. The maximum atomic E-state index is 13.9. The first-order chi connectivity index (χ1) is 16.8. The maximum absolute atomic E-state index is 13.9. The molecule has 3 heteroatoms. The van der Waals surface area contributed by atoms with E-state index in [9.17, 15) is 4.79 Å². The number of nitrogens with zero attached hydrogens (tertiary/aromatic N) is 2. The Kier molecular flexibility index (Phi) is 8.86. The fourth-order valence-corrected chi connectivity index (χ4v) is 6.29. The van der Waals surface area contributed by atoms with Crippen LogP contribution in [0.4, 0.5) is 0 Å². The van der Waals surface area contributed by atoms with Gasteiger partial charge in [0.15, 0.2) is 5.78 Å². The molecule has 3 nitrogen and oxygen atoms in total. The summed E-state index contributed by atoms with van der Waals surface area (Å²) in [6.07, 6.45) is 7.73. The SMILES string of the molecule is CCC(C)N1CCC(C)(C)C(C(C)c2ccc(C(=O)C3=CN(C(C)(C)CC)CCC3(C)CC)cc2)C1. The number of hydrogen-bond donors (Lipinski definition) is 0. The normalized spacial score (nSPS) is 26.9. The van der Waals surface area contributed by atoms with Crippen LogP contribution in [0.25, 0.3) is 0 Å². The number of rotatable bonds is 9. The zero-order valence-electron chi connectivity index (χ0n) is 25.1. The summed E-state index contributed by atoms with van der Waals surface area (Å²) in [5, 5.41) is 0. The van der Waals surface area contributed by atoms with Crippen LogP contribution in [0.1, 0.15) is 123 Å². The molecule has 0 saturated carbocycles. The topological polar surface area (TPSA) is 23.6 Å². The monoisotopic (exact) mass is 494 g/mol. The van der Waals surface area contributed by atoms with Gasteiger partial charge in [-0.1, -0.05) is 72.7 Å². The predicted octanol–water partition coefficient (Wildman–Crippen LogP) is 8.31. The number of carbonyl (C=O) groups excluding carboxylic acids is 1. The van der Waals surface area contributed by atoms with E-state index in [0.717, 1.165) is 43.5 Å². The Labute approximate surface area is 222 Å². The van der Waals surface area contributed by atoms with Crippen LogP contribution in [-0.2, 0) is 0 Å². The second kappa shape index (κ2) is 11.0. The molecule has 1 saturated heterocycles. The average molecular weight is 495 g/mol. The summed E-state index contributed by atoms with van der Waals surface area (Å²) >= 11 is 0. The number of piperidine rings is 1. The van der Waals surface area contributed by atoms with Crippen molar-refractivity contribution >= 4 is 5.78 Å². The van der Waals surface area contributed by atoms with Gasteiger partial charge < -0.3 is 9.80 Å². The van der Waals surface area contributed by atoms with Crippen LogP contribution in [0.3, 0.4) is 0 Å². The molecular formula is C33H54N2O. The smallest absolute Gasteiger partial charge is 0.191 e. The van der Waals surface area contributed by atoms with Gasteiger partial charge in [0.2, 0.25) is 0 Å². The van der Waals surface area contributed by atoms with Gasteiger partial charge in [0, 0.05) is 42.0 Å². The molecule has 0 amide bonds. The highest BCUT2D eigenvalue weighted by Gasteiger charge is 2.41. The van der Waals surface area contributed by atoms with Crippen molar-refractivity contribution < 1.29 is 4.79 Å². The van der Waals surface area contributed by atoms with Crippen molar-refractivity contribution in [3.63, 3.8) is 0 Å². The zero-order valence-corrected chi connectivity index (χ0v) is 25.1. The molecule has 0 aliphatic carbocycles. The van der Waals surface area contributed by atoms with Gasteiger partial charge in [0.1, 0.15) is 0 Å². The molecule has 0 N–H and O–H groups in total. The second-order valence-electron chi connectivity index (χ2n) is 13.4. The highest BCUT2D eigenvalue weighted by molar-refractivity contribution is 6.09. The molecule has 4 atom stereocenters. The number of allylic oxidation sites excluding steroid dienone is 1. The van der Waals surface area contributed by atoms with Gasteiger partial charge in [-0.05, 0) is 87.6 Å². The first kappa shape index (κ1) is 29.0. The van der Waals surface area contributed by atoms with E-state index in [1.807, 2.05) is 0 Å². The van der Waals surface area contributed by atoms with Crippen LogP contribution in [-0.4, -0.2) is 46.8 Å². The summed E-state index contributed by atoms with van der Waals surface area (Å²) in [5.41, 5.74) is 3.50. The van der Waals surface area contributed by atoms with Crippen LogP contribution < -0.4 is 0 Å². The Hall–Kier alpha value is -1.61. The lowest BCUT2D eigenvalue weighted by atomic mass is 9.66. The largest absolute Gasteiger partial charge is 0.372 e. The summed E-state index contributed by atoms with van der Waals surface area (Å²) in [6.45, 7) is 26.6. The molecule has 0 spiro atoms. The number of Topliss-reactive ketones (excluding diaryl/α,β-unsaturated/α-hetero) is 1. The van der Waals surface area contributed by atoms with Gasteiger partial charge in [-0.2, -0.15) is 0 Å². The highest BCUT2D eigenvalue weighted by atomic mass is 16.1. The van der Waals surface area contributed by atoms with Gasteiger partial charge >= 0.3 is 0 Å². The number of likely N-dealkylation sites (tertiary alicyclic amines) is 1. The Morgan fingerprint density at radius 2 is 1.67 bits per heavy atom. The van der Waals surface area contributed by atoms with Gasteiger partial charge in [-0.3, -0.25) is 4.79 Å². The van der Waals surface area contributed by atoms with Crippen LogP contribution in [0.15, 0.2) is 36.0 Å². The average Bonchev–Trinajstić information content (AvgIpc) is 2.87. The lowest BCUT2D eigenvalue weighted by molar-refractivity contribution is 0.0253. The zero-order chi connectivity index (χ0) is 26.9. The summed E-state index contributed by atoms with van der Waals surface area (Å²) in [5.74, 6) is 1.28. The molecule has 2 heterocycles. The molecular weight excluding hydrogens is 440 g/mol. The minimum absolute atomic E-state index is 0.0606. The Morgan fingerprint density at radius 1 is 1.03 bits per heavy atom. The van der Waals surface area contributed by atoms with E-state index in [-0.39, 0.29) is 16.7 Å². The lowest BCUT2D eigenvalue weighted by Crippen LogP contribution is -2.49. The summed E-state index contributed by atoms with van der Waals surface area (Å²) in [7, 11) is 0. The standard InChI is InChI=1S/C33H54N2O/c1-11-24(4)34-20-18-31(6,7)28(22-34)25(5)26-14-16-27(17-15-26)30(36)29-23-35(32(8,9)12-2)21-19-33(29,10)13-3/h14-17,23-25,28H,11-13,18-22H2,1-10H3. The molecule has 3 rings (SSSR count). The molecule has 2 aliphatic rings. The lowest BCUT2D eigenvalue weighted by Gasteiger charge is -2.48. The number of hydrogen-bond acceptors (Lipinski definition) is 3. The summed E-state index contributed by atoms with van der Waals surface area (Å²) in [6, 6.07) is 9.30. The first-order valence-electron chi connectivity index (χ1n) is 14.7. The van der Waals surface area contributed by atoms with E-state index in [4.69, 9.17) is 0 Å². The van der Waals surface area contributed by atoms with Crippen LogP contribution >= 0.6 is 0 Å². The van der Waals surface area contributed by atoms with Crippen molar-refractivity contribution in [2.24, 2.45) is 16.7 Å². The first-order valence-corrected chi connectivity index (χ1v) is 14.7. The van der Waals surface area contributed by atoms with E-state index < -0.39 is 0 Å². The van der Waals surface area contributed by atoms with Crippen molar-refractivity contribution in [3.8, 4) is 0 Å². The van der Waals surface area contributed by atoms with Gasteiger partial charge in [0.25, 0.3) is 0 Å². The van der Waals surface area contributed by atoms with Gasteiger partial charge in [-0.25, -0.2) is 0 Å². The molecule has 202 valence electrons. The van der Waals surface area contributed by atoms with E-state index in [2.05, 4.69) is 110 Å². The third-order valence-electron chi connectivity index (χ3n) is 10.5. The van der Waals surface area contributed by atoms with E-state index in [0.29, 0.717) is 23.3 Å². The van der Waals surface area contributed by atoms with E-state index >= 15 is 0 Å². The fraction of sp³-hybridized carbons (Fsp3) is 0.727. The third-order valence-corrected chi connectivity index (χ3v) is 10.5. The maximum Gasteiger partial charge on any atom is 0.191 e. The molecule has 1 aromatic carbocycles. The van der Waals surface area contributed by atoms with Gasteiger partial charge in [0.05, 0.1) is 0 Å². The van der Waals surface area contributed by atoms with Crippen LogP contribution in [0.5, 0.6) is 0 Å². The van der Waals surface area contributed by atoms with Crippen molar-refractivity contribution in [1.82, 2.24) is 9.80 Å². The Morgan fingerprint density at radius 3 is 2.22 bits per heavy atom. The quantitative estimate of drug-likeness (QED) is 0.322. The second-order valence-corrected chi connectivity index (χ2v) is 13.4. The van der Waals surface area contributed by atoms with Crippen LogP contribution in [0, 0.1) is 16.7 Å². The minimum Gasteiger partial charge on any atom is -0.372 e. The molecule has 2 aliphatic heterocycles. The Bertz CT molecular complexity index is 928. The van der Waals surface area contributed by atoms with Crippen molar-refractivity contribution in [3.05, 3.63) is 47.2 Å². The van der Waals surface area contributed by atoms with Gasteiger partial charge in [-0.15, -0.1) is 0 Å². The fourth-order valence-electron chi connectivity index (χ4n) is 6.29. The summed E-state index contributed by atoms with van der Waals surface area (Å²) < 4.78 is 0. The summed E-state index contributed by atoms with van der Waals surface area (Å²) in [4.78, 5) is 19.0. The molecule has 1 aromatic rings. The Balaban J connectivity index is 1.85.